The smallest absolute Gasteiger partial charge is 0.414 e. The highest BCUT2D eigenvalue weighted by Gasteiger charge is 2.34. The maximum atomic E-state index is 12.6. The second-order valence-corrected chi connectivity index (χ2v) is 10.1. The first-order valence-electron chi connectivity index (χ1n) is 9.97. The standard InChI is InChI=1S/C22H24ClN3O4S/c1-22(2,3)30-18(27)11-24-19-14-7-5-4-6-12(14)8-15(19)25-21(28)29-17-10-13-9-16(23)31-20(13)26-17/h4-7,9-10,15,19,24,26H,8,11H2,1-3H3,(H,25,28)/t15-,19-/m1/s1. The van der Waals surface area contributed by atoms with Gasteiger partial charge in [0.05, 0.1) is 23.0 Å². The maximum Gasteiger partial charge on any atom is 0.414 e. The van der Waals surface area contributed by atoms with E-state index >= 15 is 0 Å². The van der Waals surface area contributed by atoms with Crippen molar-refractivity contribution in [3.8, 4) is 5.88 Å². The van der Waals surface area contributed by atoms with Crippen LogP contribution in [0.2, 0.25) is 4.34 Å². The predicted octanol–water partition coefficient (Wildman–Crippen LogP) is 4.57. The summed E-state index contributed by atoms with van der Waals surface area (Å²) in [7, 11) is 0. The number of nitrogens with one attached hydrogen (secondary N) is 3. The van der Waals surface area contributed by atoms with Crippen molar-refractivity contribution in [2.24, 2.45) is 0 Å². The van der Waals surface area contributed by atoms with Crippen molar-refractivity contribution in [3.63, 3.8) is 0 Å². The van der Waals surface area contributed by atoms with E-state index in [-0.39, 0.29) is 24.6 Å². The van der Waals surface area contributed by atoms with Crippen LogP contribution in [0.1, 0.15) is 37.9 Å². The number of fused-ring (bicyclic) bond motifs is 2. The summed E-state index contributed by atoms with van der Waals surface area (Å²) in [6.45, 7) is 5.52. The second kappa shape index (κ2) is 8.53. The van der Waals surface area contributed by atoms with E-state index in [1.54, 1.807) is 6.07 Å². The molecule has 0 fully saturated rings. The zero-order valence-corrected chi connectivity index (χ0v) is 19.0. The molecule has 31 heavy (non-hydrogen) atoms. The number of hydrogen-bond donors (Lipinski definition) is 3. The summed E-state index contributed by atoms with van der Waals surface area (Å²) in [6.07, 6.45) is 0.0639. The number of benzene rings is 1. The minimum atomic E-state index is -0.568. The van der Waals surface area contributed by atoms with Gasteiger partial charge in [0, 0.05) is 11.5 Å². The molecular weight excluding hydrogens is 438 g/mol. The molecule has 0 spiro atoms. The monoisotopic (exact) mass is 461 g/mol. The Labute approximate surface area is 189 Å². The van der Waals surface area contributed by atoms with Crippen molar-refractivity contribution in [1.29, 1.82) is 0 Å². The van der Waals surface area contributed by atoms with Crippen molar-refractivity contribution < 1.29 is 19.1 Å². The number of H-pyrrole nitrogens is 1. The fourth-order valence-electron chi connectivity index (χ4n) is 3.76. The van der Waals surface area contributed by atoms with Crippen LogP contribution < -0.4 is 15.4 Å². The molecule has 0 saturated heterocycles. The number of carbonyl (C=O) groups excluding carboxylic acids is 2. The van der Waals surface area contributed by atoms with Crippen LogP contribution in [-0.2, 0) is 16.0 Å². The lowest BCUT2D eigenvalue weighted by molar-refractivity contribution is -0.153. The molecule has 0 aliphatic heterocycles. The Morgan fingerprint density at radius 1 is 1.26 bits per heavy atom. The van der Waals surface area contributed by atoms with Gasteiger partial charge in [-0.15, -0.1) is 11.3 Å². The second-order valence-electron chi connectivity index (χ2n) is 8.46. The van der Waals surface area contributed by atoms with Gasteiger partial charge < -0.3 is 19.8 Å². The van der Waals surface area contributed by atoms with Crippen LogP contribution in [0.3, 0.4) is 0 Å². The van der Waals surface area contributed by atoms with Gasteiger partial charge in [-0.1, -0.05) is 35.9 Å². The van der Waals surface area contributed by atoms with Crippen LogP contribution in [0.15, 0.2) is 36.4 Å². The number of thiophene rings is 1. The van der Waals surface area contributed by atoms with Crippen LogP contribution in [0, 0.1) is 0 Å². The molecule has 0 unspecified atom stereocenters. The molecule has 4 rings (SSSR count). The molecule has 164 valence electrons. The Morgan fingerprint density at radius 3 is 2.77 bits per heavy atom. The van der Waals surface area contributed by atoms with Gasteiger partial charge in [-0.25, -0.2) is 4.79 Å². The SMILES string of the molecule is CC(C)(C)OC(=O)CN[C@@H]1c2ccccc2C[C@H]1NC(=O)Oc1cc2cc(Cl)sc2[nH]1. The maximum absolute atomic E-state index is 12.6. The summed E-state index contributed by atoms with van der Waals surface area (Å²) in [5, 5.41) is 7.05. The van der Waals surface area contributed by atoms with E-state index in [2.05, 4.69) is 15.6 Å². The molecule has 0 radical (unpaired) electrons. The fourth-order valence-corrected chi connectivity index (χ4v) is 4.87. The molecule has 1 aromatic carbocycles. The number of esters is 1. The number of carbonyl (C=O) groups is 2. The van der Waals surface area contributed by atoms with Gasteiger partial charge in [0.1, 0.15) is 10.4 Å². The number of amides is 1. The molecule has 7 nitrogen and oxygen atoms in total. The van der Waals surface area contributed by atoms with E-state index < -0.39 is 11.7 Å². The third-order valence-electron chi connectivity index (χ3n) is 4.88. The Kier molecular flexibility index (Phi) is 5.96. The van der Waals surface area contributed by atoms with E-state index in [4.69, 9.17) is 21.1 Å². The first kappa shape index (κ1) is 21.7. The van der Waals surface area contributed by atoms with Gasteiger partial charge >= 0.3 is 12.1 Å². The minimum absolute atomic E-state index is 0.0389. The van der Waals surface area contributed by atoms with E-state index in [9.17, 15) is 9.59 Å². The molecule has 0 saturated carbocycles. The zero-order valence-electron chi connectivity index (χ0n) is 17.5. The minimum Gasteiger partial charge on any atom is -0.459 e. The summed E-state index contributed by atoms with van der Waals surface area (Å²) in [5.74, 6) is 0.00696. The number of hydrogen-bond acceptors (Lipinski definition) is 6. The van der Waals surface area contributed by atoms with Gasteiger partial charge in [0.25, 0.3) is 0 Å². The summed E-state index contributed by atoms with van der Waals surface area (Å²) in [5.41, 5.74) is 1.61. The van der Waals surface area contributed by atoms with Crippen molar-refractivity contribution in [2.45, 2.75) is 44.9 Å². The van der Waals surface area contributed by atoms with E-state index in [0.717, 1.165) is 21.3 Å². The molecule has 9 heteroatoms. The molecule has 2 atom stereocenters. The first-order valence-corrected chi connectivity index (χ1v) is 11.2. The number of ether oxygens (including phenoxy) is 2. The number of halogens is 1. The largest absolute Gasteiger partial charge is 0.459 e. The van der Waals surface area contributed by atoms with Crippen molar-refractivity contribution in [1.82, 2.24) is 15.6 Å². The highest BCUT2D eigenvalue weighted by atomic mass is 35.5. The highest BCUT2D eigenvalue weighted by molar-refractivity contribution is 7.22. The molecule has 1 aliphatic rings. The third kappa shape index (κ3) is 5.20. The molecular formula is C22H24ClN3O4S. The summed E-state index contributed by atoms with van der Waals surface area (Å²) in [6, 6.07) is 11.0. The Morgan fingerprint density at radius 2 is 2.03 bits per heavy atom. The van der Waals surface area contributed by atoms with Gasteiger partial charge in [0.2, 0.25) is 5.88 Å². The number of aromatic nitrogens is 1. The van der Waals surface area contributed by atoms with Gasteiger partial charge in [-0.2, -0.15) is 0 Å². The average molecular weight is 462 g/mol. The van der Waals surface area contributed by atoms with Crippen molar-refractivity contribution >= 4 is 45.2 Å². The topological polar surface area (TPSA) is 92.5 Å². The van der Waals surface area contributed by atoms with E-state index in [1.165, 1.54) is 11.3 Å². The molecule has 1 aliphatic carbocycles. The third-order valence-corrected chi connectivity index (χ3v) is 6.07. The molecule has 0 bridgehead atoms. The van der Waals surface area contributed by atoms with Crippen LogP contribution in [0.25, 0.3) is 10.2 Å². The van der Waals surface area contributed by atoms with Crippen LogP contribution in [0.5, 0.6) is 5.88 Å². The zero-order chi connectivity index (χ0) is 22.2. The molecule has 3 aromatic rings. The van der Waals surface area contributed by atoms with E-state index in [0.29, 0.717) is 16.6 Å². The molecule has 2 heterocycles. The van der Waals surface area contributed by atoms with E-state index in [1.807, 2.05) is 51.1 Å². The molecule has 3 N–H and O–H groups in total. The van der Waals surface area contributed by atoms with Gasteiger partial charge in [0.15, 0.2) is 0 Å². The van der Waals surface area contributed by atoms with Gasteiger partial charge in [-0.05, 0) is 44.4 Å². The Hall–Kier alpha value is -2.55. The normalized spacial score (nSPS) is 18.1. The lowest BCUT2D eigenvalue weighted by atomic mass is 10.1. The predicted molar refractivity (Wildman–Crippen MR) is 121 cm³/mol. The van der Waals surface area contributed by atoms with Crippen molar-refractivity contribution in [3.05, 3.63) is 51.9 Å². The van der Waals surface area contributed by atoms with Crippen molar-refractivity contribution in [2.75, 3.05) is 6.54 Å². The average Bonchev–Trinajstić information content (AvgIpc) is 3.28. The van der Waals surface area contributed by atoms with Gasteiger partial charge in [-0.3, -0.25) is 10.1 Å². The van der Waals surface area contributed by atoms with Crippen LogP contribution in [-0.4, -0.2) is 35.2 Å². The summed E-state index contributed by atoms with van der Waals surface area (Å²) < 4.78 is 11.5. The highest BCUT2D eigenvalue weighted by Crippen LogP contribution is 2.33. The Bertz CT molecular complexity index is 1090. The Balaban J connectivity index is 1.42. The number of rotatable bonds is 5. The van der Waals surface area contributed by atoms with Crippen LogP contribution >= 0.6 is 22.9 Å². The lowest BCUT2D eigenvalue weighted by Crippen LogP contribution is -2.45. The van der Waals surface area contributed by atoms with Crippen LogP contribution in [0.4, 0.5) is 4.79 Å². The first-order chi connectivity index (χ1) is 14.7. The fraction of sp³-hybridized carbons (Fsp3) is 0.364. The quantitative estimate of drug-likeness (QED) is 0.484. The summed E-state index contributed by atoms with van der Waals surface area (Å²) in [4.78, 5) is 28.6. The lowest BCUT2D eigenvalue weighted by Gasteiger charge is -2.24. The molecule has 2 aromatic heterocycles. The molecule has 1 amide bonds. The summed E-state index contributed by atoms with van der Waals surface area (Å²) >= 11 is 7.36. The number of aromatic amines is 1.